The second-order valence-electron chi connectivity index (χ2n) is 4.93. The molecule has 0 atom stereocenters. The van der Waals surface area contributed by atoms with Gasteiger partial charge in [0, 0.05) is 23.2 Å². The molecule has 1 saturated carbocycles. The number of benzene rings is 1. The molecule has 7 heteroatoms. The maximum Gasteiger partial charge on any atom is 0.273 e. The van der Waals surface area contributed by atoms with Crippen LogP contribution in [0.15, 0.2) is 18.2 Å². The van der Waals surface area contributed by atoms with Crippen LogP contribution in [-0.4, -0.2) is 19.7 Å². The van der Waals surface area contributed by atoms with Crippen molar-refractivity contribution in [2.75, 3.05) is 0 Å². The topological polar surface area (TPSA) is 73.8 Å². The summed E-state index contributed by atoms with van der Waals surface area (Å²) < 4.78 is 2.09. The second kappa shape index (κ2) is 4.97. The van der Waals surface area contributed by atoms with Crippen LogP contribution >= 0.6 is 15.9 Å². The summed E-state index contributed by atoms with van der Waals surface area (Å²) >= 11 is 3.41. The highest BCUT2D eigenvalue weighted by Gasteiger charge is 2.30. The van der Waals surface area contributed by atoms with Crippen molar-refractivity contribution in [2.45, 2.75) is 31.1 Å². The third kappa shape index (κ3) is 2.22. The number of nitro groups is 1. The van der Waals surface area contributed by atoms with Gasteiger partial charge in [-0.05, 0) is 19.8 Å². The average Bonchev–Trinajstić information content (AvgIpc) is 3.18. The van der Waals surface area contributed by atoms with Crippen molar-refractivity contribution in [3.8, 4) is 11.4 Å². The van der Waals surface area contributed by atoms with Crippen molar-refractivity contribution < 1.29 is 4.92 Å². The van der Waals surface area contributed by atoms with Crippen LogP contribution in [0.4, 0.5) is 5.69 Å². The normalized spacial score (nSPS) is 14.5. The van der Waals surface area contributed by atoms with E-state index in [1.165, 1.54) is 0 Å². The fourth-order valence-corrected chi connectivity index (χ4v) is 2.66. The Morgan fingerprint density at radius 1 is 1.45 bits per heavy atom. The average molecular weight is 337 g/mol. The van der Waals surface area contributed by atoms with E-state index in [2.05, 4.69) is 30.7 Å². The van der Waals surface area contributed by atoms with Crippen molar-refractivity contribution in [3.05, 3.63) is 39.7 Å². The molecule has 1 heterocycles. The molecular weight excluding hydrogens is 324 g/mol. The van der Waals surface area contributed by atoms with E-state index in [1.54, 1.807) is 19.1 Å². The van der Waals surface area contributed by atoms with Gasteiger partial charge in [0.25, 0.3) is 5.69 Å². The summed E-state index contributed by atoms with van der Waals surface area (Å²) in [6.45, 7) is 1.73. The zero-order valence-electron chi connectivity index (χ0n) is 10.9. The number of aromatic nitrogens is 3. The minimum atomic E-state index is -0.359. The summed E-state index contributed by atoms with van der Waals surface area (Å²) in [7, 11) is 0. The lowest BCUT2D eigenvalue weighted by atomic mass is 10.1. The van der Waals surface area contributed by atoms with Crippen molar-refractivity contribution in [1.29, 1.82) is 0 Å². The third-order valence-electron chi connectivity index (χ3n) is 3.46. The minimum absolute atomic E-state index is 0.119. The highest BCUT2D eigenvalue weighted by atomic mass is 79.9. The number of nitrogens with zero attached hydrogens (tertiary/aromatic N) is 4. The molecule has 0 amide bonds. The van der Waals surface area contributed by atoms with Crippen molar-refractivity contribution in [3.63, 3.8) is 0 Å². The number of hydrogen-bond acceptors (Lipinski definition) is 4. The first-order chi connectivity index (χ1) is 9.61. The smallest absolute Gasteiger partial charge is 0.273 e. The van der Waals surface area contributed by atoms with Crippen LogP contribution in [0.5, 0.6) is 0 Å². The number of aryl methyl sites for hydroxylation is 1. The number of alkyl halides is 1. The molecule has 0 unspecified atom stereocenters. The molecule has 20 heavy (non-hydrogen) atoms. The van der Waals surface area contributed by atoms with Gasteiger partial charge in [-0.1, -0.05) is 28.1 Å². The zero-order valence-corrected chi connectivity index (χ0v) is 12.5. The molecule has 0 spiro atoms. The van der Waals surface area contributed by atoms with Gasteiger partial charge in [-0.3, -0.25) is 10.1 Å². The first kappa shape index (κ1) is 13.2. The lowest BCUT2D eigenvalue weighted by Gasteiger charge is -2.08. The van der Waals surface area contributed by atoms with E-state index in [1.807, 2.05) is 6.07 Å². The molecule has 104 valence electrons. The monoisotopic (exact) mass is 336 g/mol. The van der Waals surface area contributed by atoms with Gasteiger partial charge < -0.3 is 4.57 Å². The van der Waals surface area contributed by atoms with Gasteiger partial charge in [0.15, 0.2) is 5.82 Å². The van der Waals surface area contributed by atoms with Crippen molar-refractivity contribution in [2.24, 2.45) is 0 Å². The largest absolute Gasteiger partial charge is 0.307 e. The lowest BCUT2D eigenvalue weighted by molar-refractivity contribution is -0.385. The minimum Gasteiger partial charge on any atom is -0.307 e. The molecule has 0 radical (unpaired) electrons. The van der Waals surface area contributed by atoms with Gasteiger partial charge in [0.05, 0.1) is 10.3 Å². The van der Waals surface area contributed by atoms with Gasteiger partial charge in [-0.2, -0.15) is 0 Å². The van der Waals surface area contributed by atoms with Gasteiger partial charge in [-0.25, -0.2) is 0 Å². The molecule has 1 aromatic heterocycles. The summed E-state index contributed by atoms with van der Waals surface area (Å²) in [6, 6.07) is 5.63. The molecule has 6 nitrogen and oxygen atoms in total. The number of rotatable bonds is 4. The van der Waals surface area contributed by atoms with E-state index in [-0.39, 0.29) is 10.6 Å². The van der Waals surface area contributed by atoms with E-state index in [0.29, 0.717) is 22.8 Å². The Balaban J connectivity index is 2.11. The van der Waals surface area contributed by atoms with Crippen molar-refractivity contribution >= 4 is 21.6 Å². The number of hydrogen-bond donors (Lipinski definition) is 0. The van der Waals surface area contributed by atoms with E-state index >= 15 is 0 Å². The van der Waals surface area contributed by atoms with Crippen LogP contribution in [0.3, 0.4) is 0 Å². The van der Waals surface area contributed by atoms with Crippen LogP contribution in [-0.2, 0) is 5.33 Å². The molecule has 1 aliphatic carbocycles. The predicted molar refractivity (Wildman–Crippen MR) is 77.8 cm³/mol. The number of halogens is 1. The lowest BCUT2D eigenvalue weighted by Crippen LogP contribution is -2.02. The predicted octanol–water partition coefficient (Wildman–Crippen LogP) is 3.39. The SMILES string of the molecule is Cc1ccc(-c2nnc(CBr)n2C2CC2)cc1[N+](=O)[O-]. The van der Waals surface area contributed by atoms with Crippen LogP contribution in [0.1, 0.15) is 30.3 Å². The van der Waals surface area contributed by atoms with E-state index in [9.17, 15) is 10.1 Å². The Bertz CT molecular complexity index is 679. The first-order valence-corrected chi connectivity index (χ1v) is 7.49. The molecule has 3 rings (SSSR count). The van der Waals surface area contributed by atoms with Gasteiger partial charge in [0.2, 0.25) is 0 Å². The van der Waals surface area contributed by atoms with Crippen LogP contribution in [0.25, 0.3) is 11.4 Å². The van der Waals surface area contributed by atoms with Crippen molar-refractivity contribution in [1.82, 2.24) is 14.8 Å². The summed E-state index contributed by atoms with van der Waals surface area (Å²) in [5.74, 6) is 1.58. The Hall–Kier alpha value is -1.76. The summed E-state index contributed by atoms with van der Waals surface area (Å²) in [5, 5.41) is 20.1. The quantitative estimate of drug-likeness (QED) is 0.487. The highest BCUT2D eigenvalue weighted by molar-refractivity contribution is 9.08. The van der Waals surface area contributed by atoms with E-state index in [0.717, 1.165) is 24.2 Å². The second-order valence-corrected chi connectivity index (χ2v) is 5.49. The molecule has 1 aliphatic rings. The zero-order chi connectivity index (χ0) is 14.3. The van der Waals surface area contributed by atoms with E-state index < -0.39 is 0 Å². The standard InChI is InChI=1S/C13H13BrN4O2/c1-8-2-3-9(6-11(8)18(19)20)13-16-15-12(7-14)17(13)10-4-5-10/h2-3,6,10H,4-5,7H2,1H3. The highest BCUT2D eigenvalue weighted by Crippen LogP contribution is 2.39. The molecule has 0 aliphatic heterocycles. The molecule has 0 bridgehead atoms. The molecule has 0 N–H and O–H groups in total. The summed E-state index contributed by atoms with van der Waals surface area (Å²) in [5.41, 5.74) is 1.51. The van der Waals surface area contributed by atoms with Crippen LogP contribution in [0.2, 0.25) is 0 Å². The maximum atomic E-state index is 11.1. The van der Waals surface area contributed by atoms with Gasteiger partial charge in [-0.15, -0.1) is 10.2 Å². The molecule has 1 aromatic carbocycles. The summed E-state index contributed by atoms with van der Waals surface area (Å²) in [6.07, 6.45) is 2.22. The fraction of sp³-hybridized carbons (Fsp3) is 0.385. The first-order valence-electron chi connectivity index (χ1n) is 6.37. The Kier molecular flexibility index (Phi) is 3.29. The third-order valence-corrected chi connectivity index (χ3v) is 3.96. The number of nitro benzene ring substituents is 1. The Morgan fingerprint density at radius 3 is 2.80 bits per heavy atom. The van der Waals surface area contributed by atoms with Crippen LogP contribution < -0.4 is 0 Å². The molecular formula is C13H13BrN4O2. The summed E-state index contributed by atoms with van der Waals surface area (Å²) in [4.78, 5) is 10.7. The maximum absolute atomic E-state index is 11.1. The fourth-order valence-electron chi connectivity index (χ4n) is 2.27. The van der Waals surface area contributed by atoms with Gasteiger partial charge >= 0.3 is 0 Å². The van der Waals surface area contributed by atoms with Gasteiger partial charge in [0.1, 0.15) is 5.82 Å². The Morgan fingerprint density at radius 2 is 2.20 bits per heavy atom. The molecule has 2 aromatic rings. The Labute approximate surface area is 124 Å². The van der Waals surface area contributed by atoms with E-state index in [4.69, 9.17) is 0 Å². The molecule has 1 fully saturated rings. The van der Waals surface area contributed by atoms with Crippen LogP contribution in [0, 0.1) is 17.0 Å². The molecule has 0 saturated heterocycles.